The predicted molar refractivity (Wildman–Crippen MR) is 86.7 cm³/mol. The quantitative estimate of drug-likeness (QED) is 0.914. The fourth-order valence-electron chi connectivity index (χ4n) is 3.10. The van der Waals surface area contributed by atoms with E-state index < -0.39 is 10.8 Å². The average molecular weight is 314 g/mol. The van der Waals surface area contributed by atoms with E-state index in [1.54, 1.807) is 0 Å². The summed E-state index contributed by atoms with van der Waals surface area (Å²) < 4.78 is 12.9. The zero-order valence-electron chi connectivity index (χ0n) is 12.4. The molecule has 2 nitrogen and oxygen atoms in total. The predicted octanol–water partition coefficient (Wildman–Crippen LogP) is 3.86. The number of hydrogen-bond donors (Lipinski definition) is 1. The number of nitrogens with one attached hydrogen (secondary N) is 1. The molecule has 1 fully saturated rings. The molecule has 1 aliphatic carbocycles. The smallest absolute Gasteiger partial charge is 0.0591 e. The maximum absolute atomic E-state index is 12.9. The Balaban J connectivity index is 2.23. The molecule has 0 radical (unpaired) electrons. The Kier molecular flexibility index (Phi) is 5.65. The van der Waals surface area contributed by atoms with E-state index in [4.69, 9.17) is 11.6 Å². The molecule has 1 aromatic carbocycles. The minimum Gasteiger partial charge on any atom is -0.316 e. The summed E-state index contributed by atoms with van der Waals surface area (Å²) in [5.41, 5.74) is 0. The summed E-state index contributed by atoms with van der Waals surface area (Å²) in [6.07, 6.45) is 3.33. The molecule has 1 aliphatic rings. The minimum absolute atomic E-state index is 0.154. The van der Waals surface area contributed by atoms with Crippen molar-refractivity contribution in [2.75, 3.05) is 7.05 Å². The van der Waals surface area contributed by atoms with Gasteiger partial charge in [0.1, 0.15) is 0 Å². The standard InChI is InChI=1S/C16H24ClNOS/c1-11(2)12-8-9-14(18-3)16(10-12)20(19)15-7-5-4-6-13(15)17/h4-7,11-12,14,16,18H,8-10H2,1-3H3. The van der Waals surface area contributed by atoms with Crippen LogP contribution in [0.2, 0.25) is 5.02 Å². The molecule has 0 aliphatic heterocycles. The van der Waals surface area contributed by atoms with E-state index in [0.29, 0.717) is 22.9 Å². The molecule has 0 saturated heterocycles. The maximum atomic E-state index is 12.9. The summed E-state index contributed by atoms with van der Waals surface area (Å²) in [5.74, 6) is 1.31. The summed E-state index contributed by atoms with van der Waals surface area (Å²) in [6.45, 7) is 4.53. The van der Waals surface area contributed by atoms with Crippen LogP contribution in [-0.4, -0.2) is 22.5 Å². The van der Waals surface area contributed by atoms with Gasteiger partial charge in [-0.1, -0.05) is 37.6 Å². The van der Waals surface area contributed by atoms with Crippen LogP contribution in [0.25, 0.3) is 0 Å². The molecule has 1 aromatic rings. The van der Waals surface area contributed by atoms with Crippen molar-refractivity contribution in [2.45, 2.75) is 49.3 Å². The summed E-state index contributed by atoms with van der Waals surface area (Å²) in [4.78, 5) is 0.781. The van der Waals surface area contributed by atoms with Crippen LogP contribution in [0.3, 0.4) is 0 Å². The molecule has 2 rings (SSSR count). The molecule has 112 valence electrons. The summed E-state index contributed by atoms with van der Waals surface area (Å²) in [7, 11) is 0.926. The SMILES string of the molecule is CNC1CCC(C(C)C)CC1S(=O)c1ccccc1Cl. The molecule has 0 heterocycles. The van der Waals surface area contributed by atoms with Gasteiger partial charge in [0, 0.05) is 6.04 Å². The number of halogens is 1. The fraction of sp³-hybridized carbons (Fsp3) is 0.625. The first kappa shape index (κ1) is 16.0. The highest BCUT2D eigenvalue weighted by Gasteiger charge is 2.35. The Morgan fingerprint density at radius 2 is 2.00 bits per heavy atom. The fourth-order valence-corrected chi connectivity index (χ4v) is 5.26. The van der Waals surface area contributed by atoms with Crippen LogP contribution >= 0.6 is 11.6 Å². The molecular formula is C16H24ClNOS. The van der Waals surface area contributed by atoms with Gasteiger partial charge in [0.05, 0.1) is 26.0 Å². The summed E-state index contributed by atoms with van der Waals surface area (Å²) in [5, 5.41) is 4.12. The molecule has 4 unspecified atom stereocenters. The molecule has 0 aromatic heterocycles. The average Bonchev–Trinajstić information content (AvgIpc) is 2.46. The topological polar surface area (TPSA) is 29.1 Å². The maximum Gasteiger partial charge on any atom is 0.0591 e. The molecule has 1 N–H and O–H groups in total. The van der Waals surface area contributed by atoms with Crippen LogP contribution in [0, 0.1) is 11.8 Å². The Morgan fingerprint density at radius 1 is 1.30 bits per heavy atom. The highest BCUT2D eigenvalue weighted by Crippen LogP contribution is 2.35. The lowest BCUT2D eigenvalue weighted by molar-refractivity contribution is 0.249. The molecule has 0 amide bonds. The van der Waals surface area contributed by atoms with Crippen LogP contribution in [0.4, 0.5) is 0 Å². The van der Waals surface area contributed by atoms with Gasteiger partial charge in [0.2, 0.25) is 0 Å². The first-order valence-electron chi connectivity index (χ1n) is 7.37. The van der Waals surface area contributed by atoms with Crippen molar-refractivity contribution in [3.05, 3.63) is 29.3 Å². The van der Waals surface area contributed by atoms with Crippen molar-refractivity contribution < 1.29 is 4.21 Å². The van der Waals surface area contributed by atoms with E-state index >= 15 is 0 Å². The van der Waals surface area contributed by atoms with Gasteiger partial charge in [-0.05, 0) is 50.3 Å². The molecule has 20 heavy (non-hydrogen) atoms. The minimum atomic E-state index is -1.04. The van der Waals surface area contributed by atoms with E-state index in [1.165, 1.54) is 6.42 Å². The third kappa shape index (κ3) is 3.44. The van der Waals surface area contributed by atoms with Crippen molar-refractivity contribution in [3.63, 3.8) is 0 Å². The Hall–Kier alpha value is -0.380. The van der Waals surface area contributed by atoms with Crippen molar-refractivity contribution >= 4 is 22.4 Å². The van der Waals surface area contributed by atoms with Gasteiger partial charge in [-0.15, -0.1) is 0 Å². The van der Waals surface area contributed by atoms with Gasteiger partial charge >= 0.3 is 0 Å². The lowest BCUT2D eigenvalue weighted by atomic mass is 9.79. The first-order chi connectivity index (χ1) is 9.54. The lowest BCUT2D eigenvalue weighted by Crippen LogP contribution is -2.45. The zero-order valence-corrected chi connectivity index (χ0v) is 14.0. The third-order valence-corrected chi connectivity index (χ3v) is 6.78. The Labute approximate surface area is 129 Å². The first-order valence-corrected chi connectivity index (χ1v) is 8.96. The molecule has 0 bridgehead atoms. The van der Waals surface area contributed by atoms with Gasteiger partial charge in [0.15, 0.2) is 0 Å². The number of rotatable bonds is 4. The second kappa shape index (κ2) is 7.06. The van der Waals surface area contributed by atoms with Crippen LogP contribution in [0.5, 0.6) is 0 Å². The molecule has 4 atom stereocenters. The van der Waals surface area contributed by atoms with E-state index in [-0.39, 0.29) is 5.25 Å². The number of benzene rings is 1. The number of hydrogen-bond acceptors (Lipinski definition) is 2. The van der Waals surface area contributed by atoms with Crippen LogP contribution in [0.15, 0.2) is 29.2 Å². The van der Waals surface area contributed by atoms with Crippen molar-refractivity contribution in [2.24, 2.45) is 11.8 Å². The lowest BCUT2D eigenvalue weighted by Gasteiger charge is -2.37. The van der Waals surface area contributed by atoms with Crippen molar-refractivity contribution in [3.8, 4) is 0 Å². The van der Waals surface area contributed by atoms with E-state index in [2.05, 4.69) is 19.2 Å². The van der Waals surface area contributed by atoms with E-state index in [9.17, 15) is 4.21 Å². The normalized spacial score (nSPS) is 28.6. The molecule has 4 heteroatoms. The third-order valence-electron chi connectivity index (χ3n) is 4.47. The highest BCUT2D eigenvalue weighted by molar-refractivity contribution is 7.85. The molecular weight excluding hydrogens is 290 g/mol. The highest BCUT2D eigenvalue weighted by atomic mass is 35.5. The second-order valence-corrected chi connectivity index (χ2v) is 8.03. The van der Waals surface area contributed by atoms with Crippen LogP contribution < -0.4 is 5.32 Å². The van der Waals surface area contributed by atoms with Crippen LogP contribution in [0.1, 0.15) is 33.1 Å². The largest absolute Gasteiger partial charge is 0.316 e. The summed E-state index contributed by atoms with van der Waals surface area (Å²) in [6, 6.07) is 7.84. The van der Waals surface area contributed by atoms with Gasteiger partial charge < -0.3 is 5.32 Å². The Bertz CT molecular complexity index is 477. The molecule has 1 saturated carbocycles. The van der Waals surface area contributed by atoms with Gasteiger partial charge in [-0.25, -0.2) is 0 Å². The summed E-state index contributed by atoms with van der Waals surface area (Å²) >= 11 is 6.21. The van der Waals surface area contributed by atoms with Gasteiger partial charge in [-0.3, -0.25) is 4.21 Å². The zero-order chi connectivity index (χ0) is 14.7. The Morgan fingerprint density at radius 3 is 2.60 bits per heavy atom. The van der Waals surface area contributed by atoms with Crippen LogP contribution in [-0.2, 0) is 10.8 Å². The molecule has 0 spiro atoms. The van der Waals surface area contributed by atoms with Gasteiger partial charge in [-0.2, -0.15) is 0 Å². The monoisotopic (exact) mass is 313 g/mol. The van der Waals surface area contributed by atoms with E-state index in [0.717, 1.165) is 17.7 Å². The van der Waals surface area contributed by atoms with Crippen molar-refractivity contribution in [1.82, 2.24) is 5.32 Å². The van der Waals surface area contributed by atoms with E-state index in [1.807, 2.05) is 31.3 Å². The second-order valence-electron chi connectivity index (χ2n) is 5.98. The van der Waals surface area contributed by atoms with Crippen molar-refractivity contribution in [1.29, 1.82) is 0 Å². The van der Waals surface area contributed by atoms with Gasteiger partial charge in [0.25, 0.3) is 0 Å².